The molecule has 1 aromatic heterocycles. The Bertz CT molecular complexity index is 646. The summed E-state index contributed by atoms with van der Waals surface area (Å²) in [5, 5.41) is 0. The molecule has 4 nitrogen and oxygen atoms in total. The summed E-state index contributed by atoms with van der Waals surface area (Å²) in [7, 11) is 1.64. The number of carbonyl (C=O) groups excluding carboxylic acids is 1. The summed E-state index contributed by atoms with van der Waals surface area (Å²) in [6.07, 6.45) is 2.60. The Morgan fingerprint density at radius 2 is 2.05 bits per heavy atom. The average molecular weight is 273 g/mol. The topological polar surface area (TPSA) is 46.1 Å². The van der Waals surface area contributed by atoms with Crippen molar-refractivity contribution >= 4 is 16.9 Å². The molecule has 2 atom stereocenters. The van der Waals surface area contributed by atoms with Gasteiger partial charge in [0.05, 0.1) is 23.3 Å². The van der Waals surface area contributed by atoms with Crippen molar-refractivity contribution in [1.82, 2.24) is 14.9 Å². The van der Waals surface area contributed by atoms with Gasteiger partial charge < -0.3 is 4.90 Å². The van der Waals surface area contributed by atoms with Crippen LogP contribution in [0.2, 0.25) is 0 Å². The molecule has 1 aliphatic rings. The van der Waals surface area contributed by atoms with E-state index in [4.69, 9.17) is 0 Å². The highest BCUT2D eigenvalue weighted by molar-refractivity contribution is 5.93. The van der Waals surface area contributed by atoms with Gasteiger partial charge in [-0.05, 0) is 31.4 Å². The van der Waals surface area contributed by atoms with Crippen molar-refractivity contribution in [3.8, 4) is 0 Å². The summed E-state index contributed by atoms with van der Waals surface area (Å²) in [6.45, 7) is 0. The van der Waals surface area contributed by atoms with Crippen molar-refractivity contribution in [2.75, 3.05) is 7.05 Å². The lowest BCUT2D eigenvalue weighted by Crippen LogP contribution is -2.40. The monoisotopic (exact) mass is 273 g/mol. The van der Waals surface area contributed by atoms with Gasteiger partial charge in [-0.3, -0.25) is 9.78 Å². The van der Waals surface area contributed by atoms with Crippen LogP contribution in [-0.2, 0) is 0 Å². The van der Waals surface area contributed by atoms with E-state index in [1.54, 1.807) is 7.05 Å². The lowest BCUT2D eigenvalue weighted by Gasteiger charge is -2.25. The maximum atomic E-state index is 13.7. The predicted octanol–water partition coefficient (Wildman–Crippen LogP) is 2.59. The highest BCUT2D eigenvalue weighted by Gasteiger charge is 2.33. The van der Waals surface area contributed by atoms with Crippen LogP contribution >= 0.6 is 0 Å². The van der Waals surface area contributed by atoms with Crippen LogP contribution in [0, 0.1) is 0 Å². The molecule has 1 aromatic carbocycles. The Morgan fingerprint density at radius 1 is 1.30 bits per heavy atom. The van der Waals surface area contributed by atoms with Crippen molar-refractivity contribution in [3.05, 3.63) is 36.2 Å². The third-order valence-electron chi connectivity index (χ3n) is 3.88. The molecule has 1 fully saturated rings. The van der Waals surface area contributed by atoms with E-state index < -0.39 is 6.17 Å². The Kier molecular flexibility index (Phi) is 3.34. The number of rotatable bonds is 2. The molecule has 0 unspecified atom stereocenters. The molecule has 0 aliphatic heterocycles. The smallest absolute Gasteiger partial charge is 0.274 e. The largest absolute Gasteiger partial charge is 0.334 e. The molecule has 0 spiro atoms. The minimum Gasteiger partial charge on any atom is -0.334 e. The standard InChI is InChI=1S/C15H16FN3O/c1-19(14-8-4-5-10(14)16)15(20)13-9-17-11-6-2-3-7-12(11)18-13/h2-3,6-7,9-10,14H,4-5,8H2,1H3/t10-,14-/m1/s1. The Morgan fingerprint density at radius 3 is 2.75 bits per heavy atom. The highest BCUT2D eigenvalue weighted by Crippen LogP contribution is 2.26. The molecule has 1 saturated carbocycles. The normalized spacial score (nSPS) is 22.1. The molecule has 1 heterocycles. The summed E-state index contributed by atoms with van der Waals surface area (Å²) >= 11 is 0. The number of aromatic nitrogens is 2. The zero-order chi connectivity index (χ0) is 14.1. The second kappa shape index (κ2) is 5.15. The maximum absolute atomic E-state index is 13.7. The fourth-order valence-corrected chi connectivity index (χ4v) is 2.72. The van der Waals surface area contributed by atoms with Gasteiger partial charge in [0.1, 0.15) is 11.9 Å². The number of benzene rings is 1. The number of fused-ring (bicyclic) bond motifs is 1. The second-order valence-electron chi connectivity index (χ2n) is 5.17. The molecular weight excluding hydrogens is 257 g/mol. The Balaban J connectivity index is 1.88. The minimum absolute atomic E-state index is 0.266. The van der Waals surface area contributed by atoms with Crippen molar-refractivity contribution in [2.45, 2.75) is 31.5 Å². The van der Waals surface area contributed by atoms with E-state index in [2.05, 4.69) is 9.97 Å². The number of alkyl halides is 1. The van der Waals surface area contributed by atoms with Gasteiger partial charge >= 0.3 is 0 Å². The molecule has 0 bridgehead atoms. The molecule has 5 heteroatoms. The van der Waals surface area contributed by atoms with Crippen LogP contribution in [0.5, 0.6) is 0 Å². The van der Waals surface area contributed by atoms with E-state index in [0.717, 1.165) is 11.9 Å². The summed E-state index contributed by atoms with van der Waals surface area (Å²) in [6, 6.07) is 7.04. The first-order valence-electron chi connectivity index (χ1n) is 6.80. The van der Waals surface area contributed by atoms with Crippen molar-refractivity contribution in [3.63, 3.8) is 0 Å². The first-order chi connectivity index (χ1) is 9.66. The number of hydrogen-bond donors (Lipinski definition) is 0. The van der Waals surface area contributed by atoms with Crippen molar-refractivity contribution in [2.24, 2.45) is 0 Å². The Labute approximate surface area is 116 Å². The molecule has 1 aliphatic carbocycles. The van der Waals surface area contributed by atoms with Gasteiger partial charge in [-0.1, -0.05) is 12.1 Å². The summed E-state index contributed by atoms with van der Waals surface area (Å²) in [5.74, 6) is -0.266. The van der Waals surface area contributed by atoms with Gasteiger partial charge in [0.15, 0.2) is 0 Å². The average Bonchev–Trinajstić information content (AvgIpc) is 2.91. The van der Waals surface area contributed by atoms with E-state index in [9.17, 15) is 9.18 Å². The number of carbonyl (C=O) groups is 1. The van der Waals surface area contributed by atoms with E-state index in [1.807, 2.05) is 24.3 Å². The lowest BCUT2D eigenvalue weighted by molar-refractivity contribution is 0.0661. The van der Waals surface area contributed by atoms with E-state index in [1.165, 1.54) is 11.1 Å². The quantitative estimate of drug-likeness (QED) is 0.845. The molecule has 2 aromatic rings. The lowest BCUT2D eigenvalue weighted by atomic mass is 10.2. The molecule has 0 N–H and O–H groups in total. The third kappa shape index (κ3) is 2.24. The van der Waals surface area contributed by atoms with Gasteiger partial charge in [-0.25, -0.2) is 9.37 Å². The first kappa shape index (κ1) is 13.0. The molecule has 20 heavy (non-hydrogen) atoms. The van der Waals surface area contributed by atoms with Crippen LogP contribution in [0.4, 0.5) is 4.39 Å². The minimum atomic E-state index is -0.933. The second-order valence-corrected chi connectivity index (χ2v) is 5.17. The molecule has 1 amide bonds. The van der Waals surface area contributed by atoms with Crippen LogP contribution < -0.4 is 0 Å². The zero-order valence-corrected chi connectivity index (χ0v) is 11.3. The third-order valence-corrected chi connectivity index (χ3v) is 3.88. The molecular formula is C15H16FN3O. The SMILES string of the molecule is CN(C(=O)c1cnc2ccccc2n1)[C@@H]1CCC[C@H]1F. The molecule has 104 valence electrons. The fraction of sp³-hybridized carbons (Fsp3) is 0.400. The van der Waals surface area contributed by atoms with Crippen LogP contribution in [0.1, 0.15) is 29.8 Å². The number of halogens is 1. The van der Waals surface area contributed by atoms with E-state index in [0.29, 0.717) is 18.4 Å². The molecule has 0 saturated heterocycles. The summed E-state index contributed by atoms with van der Waals surface area (Å²) in [5.41, 5.74) is 1.69. The van der Waals surface area contributed by atoms with E-state index >= 15 is 0 Å². The summed E-state index contributed by atoms with van der Waals surface area (Å²) < 4.78 is 13.7. The predicted molar refractivity (Wildman–Crippen MR) is 74.2 cm³/mol. The molecule has 0 radical (unpaired) electrons. The van der Waals surface area contributed by atoms with Crippen LogP contribution in [0.25, 0.3) is 11.0 Å². The Hall–Kier alpha value is -2.04. The van der Waals surface area contributed by atoms with Gasteiger partial charge in [0, 0.05) is 7.05 Å². The van der Waals surface area contributed by atoms with Gasteiger partial charge in [-0.2, -0.15) is 0 Å². The zero-order valence-electron chi connectivity index (χ0n) is 11.3. The van der Waals surface area contributed by atoms with Gasteiger partial charge in [-0.15, -0.1) is 0 Å². The molecule has 3 rings (SSSR count). The van der Waals surface area contributed by atoms with Crippen LogP contribution in [0.3, 0.4) is 0 Å². The first-order valence-corrected chi connectivity index (χ1v) is 6.80. The van der Waals surface area contributed by atoms with Crippen LogP contribution in [-0.4, -0.2) is 40.0 Å². The summed E-state index contributed by atoms with van der Waals surface area (Å²) in [4.78, 5) is 22.4. The van der Waals surface area contributed by atoms with Crippen LogP contribution in [0.15, 0.2) is 30.5 Å². The number of para-hydroxylation sites is 2. The van der Waals surface area contributed by atoms with Crippen molar-refractivity contribution in [1.29, 1.82) is 0 Å². The van der Waals surface area contributed by atoms with Gasteiger partial charge in [0.2, 0.25) is 0 Å². The number of nitrogens with zero attached hydrogens (tertiary/aromatic N) is 3. The van der Waals surface area contributed by atoms with Gasteiger partial charge in [0.25, 0.3) is 5.91 Å². The van der Waals surface area contributed by atoms with E-state index in [-0.39, 0.29) is 17.6 Å². The highest BCUT2D eigenvalue weighted by atomic mass is 19.1. The van der Waals surface area contributed by atoms with Crippen molar-refractivity contribution < 1.29 is 9.18 Å². The fourth-order valence-electron chi connectivity index (χ4n) is 2.72. The number of amides is 1. The number of hydrogen-bond acceptors (Lipinski definition) is 3. The maximum Gasteiger partial charge on any atom is 0.274 e.